The Kier molecular flexibility index (Phi) is 5.61. The number of ether oxygens (including phenoxy) is 1. The van der Waals surface area contributed by atoms with Crippen molar-refractivity contribution in [1.82, 2.24) is 10.9 Å². The zero-order valence-corrected chi connectivity index (χ0v) is 11.1. The molecule has 0 heterocycles. The lowest BCUT2D eigenvalue weighted by Crippen LogP contribution is -2.36. The monoisotopic (exact) mass is 251 g/mol. The number of amides is 1. The number of hydrazine groups is 1. The van der Waals surface area contributed by atoms with E-state index in [9.17, 15) is 4.79 Å². The van der Waals surface area contributed by atoms with Crippen LogP contribution in [0.1, 0.15) is 30.5 Å². The van der Waals surface area contributed by atoms with Crippen molar-refractivity contribution in [2.75, 3.05) is 13.7 Å². The summed E-state index contributed by atoms with van der Waals surface area (Å²) in [4.78, 5) is 11.4. The Morgan fingerprint density at radius 2 is 2.22 bits per heavy atom. The maximum atomic E-state index is 11.4. The van der Waals surface area contributed by atoms with Crippen LogP contribution in [0.5, 0.6) is 5.75 Å². The molecule has 1 aromatic rings. The van der Waals surface area contributed by atoms with Gasteiger partial charge in [0.25, 0.3) is 0 Å². The maximum absolute atomic E-state index is 11.4. The van der Waals surface area contributed by atoms with Crippen molar-refractivity contribution < 1.29 is 9.53 Å². The fourth-order valence-corrected chi connectivity index (χ4v) is 1.73. The summed E-state index contributed by atoms with van der Waals surface area (Å²) in [5.74, 6) is 0.727. The molecule has 4 N–H and O–H groups in total. The van der Waals surface area contributed by atoms with E-state index in [1.807, 2.05) is 32.0 Å². The van der Waals surface area contributed by atoms with E-state index in [4.69, 9.17) is 10.5 Å². The molecule has 0 saturated heterocycles. The summed E-state index contributed by atoms with van der Waals surface area (Å²) in [5, 5.41) is 0. The van der Waals surface area contributed by atoms with Crippen LogP contribution >= 0.6 is 0 Å². The normalized spacial score (nSPS) is 12.0. The van der Waals surface area contributed by atoms with E-state index in [2.05, 4.69) is 10.9 Å². The number of benzene rings is 1. The lowest BCUT2D eigenvalue weighted by Gasteiger charge is -2.14. The smallest absolute Gasteiger partial charge is 0.235 e. The standard InChI is InChI=1S/C13H21N3O2/c1-4-18-12-6-5-10(7-9(12)2)11(14)8-13(17)16-15-3/h5-7,11,15H,4,8,14H2,1-3H3,(H,16,17). The maximum Gasteiger partial charge on any atom is 0.235 e. The van der Waals surface area contributed by atoms with Crippen molar-refractivity contribution in [2.24, 2.45) is 5.73 Å². The Bertz CT molecular complexity index is 407. The number of hydrogen-bond donors (Lipinski definition) is 3. The van der Waals surface area contributed by atoms with Crippen LogP contribution < -0.4 is 21.3 Å². The fourth-order valence-electron chi connectivity index (χ4n) is 1.73. The van der Waals surface area contributed by atoms with Crippen molar-refractivity contribution in [3.05, 3.63) is 29.3 Å². The zero-order chi connectivity index (χ0) is 13.5. The third-order valence-corrected chi connectivity index (χ3v) is 2.60. The lowest BCUT2D eigenvalue weighted by molar-refractivity contribution is -0.122. The average molecular weight is 251 g/mol. The Labute approximate surface area is 108 Å². The van der Waals surface area contributed by atoms with Crippen molar-refractivity contribution in [3.63, 3.8) is 0 Å². The van der Waals surface area contributed by atoms with Crippen molar-refractivity contribution in [3.8, 4) is 5.75 Å². The number of nitrogens with one attached hydrogen (secondary N) is 2. The van der Waals surface area contributed by atoms with E-state index in [0.29, 0.717) is 6.61 Å². The molecule has 5 heteroatoms. The topological polar surface area (TPSA) is 76.4 Å². The van der Waals surface area contributed by atoms with E-state index < -0.39 is 0 Å². The van der Waals surface area contributed by atoms with Gasteiger partial charge in [-0.3, -0.25) is 10.2 Å². The van der Waals surface area contributed by atoms with Crippen molar-refractivity contribution in [2.45, 2.75) is 26.3 Å². The number of nitrogens with two attached hydrogens (primary N) is 1. The van der Waals surface area contributed by atoms with Crippen molar-refractivity contribution in [1.29, 1.82) is 0 Å². The summed E-state index contributed by atoms with van der Waals surface area (Å²) in [5.41, 5.74) is 13.0. The molecule has 0 spiro atoms. The van der Waals surface area contributed by atoms with Crippen LogP contribution in [0.2, 0.25) is 0 Å². The van der Waals surface area contributed by atoms with Crippen LogP contribution in [-0.2, 0) is 4.79 Å². The summed E-state index contributed by atoms with van der Waals surface area (Å²) in [6, 6.07) is 5.44. The Morgan fingerprint density at radius 3 is 2.78 bits per heavy atom. The van der Waals surface area contributed by atoms with Crippen LogP contribution in [0, 0.1) is 6.92 Å². The van der Waals surface area contributed by atoms with Gasteiger partial charge in [-0.25, -0.2) is 5.43 Å². The van der Waals surface area contributed by atoms with Gasteiger partial charge in [0, 0.05) is 19.5 Å². The van der Waals surface area contributed by atoms with Crippen LogP contribution in [0.3, 0.4) is 0 Å². The minimum atomic E-state index is -0.312. The second-order valence-corrected chi connectivity index (χ2v) is 4.07. The van der Waals surface area contributed by atoms with E-state index in [0.717, 1.165) is 16.9 Å². The molecule has 0 aliphatic carbocycles. The molecule has 18 heavy (non-hydrogen) atoms. The highest BCUT2D eigenvalue weighted by Crippen LogP contribution is 2.23. The number of carbonyl (C=O) groups excluding carboxylic acids is 1. The molecule has 1 unspecified atom stereocenters. The highest BCUT2D eigenvalue weighted by atomic mass is 16.5. The molecule has 0 radical (unpaired) electrons. The molecule has 100 valence electrons. The molecule has 0 aliphatic rings. The molecule has 0 fully saturated rings. The Morgan fingerprint density at radius 1 is 1.50 bits per heavy atom. The first kappa shape index (κ1) is 14.5. The Hall–Kier alpha value is -1.59. The quantitative estimate of drug-likeness (QED) is 0.660. The molecule has 0 saturated carbocycles. The van der Waals surface area contributed by atoms with Gasteiger partial charge in [0.1, 0.15) is 5.75 Å². The molecule has 1 atom stereocenters. The lowest BCUT2D eigenvalue weighted by atomic mass is 10.0. The van der Waals surface area contributed by atoms with Gasteiger partial charge in [-0.05, 0) is 31.0 Å². The third-order valence-electron chi connectivity index (χ3n) is 2.60. The van der Waals surface area contributed by atoms with E-state index >= 15 is 0 Å². The summed E-state index contributed by atoms with van der Waals surface area (Å²) < 4.78 is 5.46. The largest absolute Gasteiger partial charge is 0.494 e. The minimum Gasteiger partial charge on any atom is -0.494 e. The van der Waals surface area contributed by atoms with Crippen LogP contribution in [0.4, 0.5) is 0 Å². The molecule has 0 aliphatic heterocycles. The SMILES string of the molecule is CCOc1ccc(C(N)CC(=O)NNC)cc1C. The predicted molar refractivity (Wildman–Crippen MR) is 71.1 cm³/mol. The summed E-state index contributed by atoms with van der Waals surface area (Å²) in [7, 11) is 1.64. The average Bonchev–Trinajstić information content (AvgIpc) is 2.32. The minimum absolute atomic E-state index is 0.128. The van der Waals surface area contributed by atoms with E-state index in [-0.39, 0.29) is 18.4 Å². The predicted octanol–water partition coefficient (Wildman–Crippen LogP) is 1.03. The first-order valence-corrected chi connectivity index (χ1v) is 6.03. The summed E-state index contributed by atoms with van der Waals surface area (Å²) in [6.07, 6.45) is 0.244. The van der Waals surface area contributed by atoms with Gasteiger partial charge in [-0.15, -0.1) is 0 Å². The third kappa shape index (κ3) is 4.01. The summed E-state index contributed by atoms with van der Waals surface area (Å²) in [6.45, 7) is 4.55. The van der Waals surface area contributed by atoms with Crippen LogP contribution in [-0.4, -0.2) is 19.6 Å². The number of rotatable bonds is 6. The van der Waals surface area contributed by atoms with Crippen LogP contribution in [0.15, 0.2) is 18.2 Å². The van der Waals surface area contributed by atoms with Gasteiger partial charge in [0.2, 0.25) is 5.91 Å². The van der Waals surface area contributed by atoms with Gasteiger partial charge in [0.15, 0.2) is 0 Å². The molecule has 5 nitrogen and oxygen atoms in total. The first-order chi connectivity index (χ1) is 8.58. The van der Waals surface area contributed by atoms with Crippen LogP contribution in [0.25, 0.3) is 0 Å². The first-order valence-electron chi connectivity index (χ1n) is 6.03. The molecular weight excluding hydrogens is 230 g/mol. The van der Waals surface area contributed by atoms with E-state index in [1.54, 1.807) is 7.05 Å². The van der Waals surface area contributed by atoms with Gasteiger partial charge < -0.3 is 10.5 Å². The molecule has 1 aromatic carbocycles. The number of aryl methyl sites for hydroxylation is 1. The molecule has 0 aromatic heterocycles. The molecule has 1 rings (SSSR count). The number of carbonyl (C=O) groups is 1. The zero-order valence-electron chi connectivity index (χ0n) is 11.1. The number of hydrogen-bond acceptors (Lipinski definition) is 4. The van der Waals surface area contributed by atoms with E-state index in [1.165, 1.54) is 0 Å². The second kappa shape index (κ2) is 6.98. The van der Waals surface area contributed by atoms with Gasteiger partial charge in [-0.2, -0.15) is 0 Å². The summed E-state index contributed by atoms with van der Waals surface area (Å²) >= 11 is 0. The Balaban J connectivity index is 2.71. The second-order valence-electron chi connectivity index (χ2n) is 4.07. The molecular formula is C13H21N3O2. The fraction of sp³-hybridized carbons (Fsp3) is 0.462. The highest BCUT2D eigenvalue weighted by molar-refractivity contribution is 5.76. The molecule has 1 amide bonds. The van der Waals surface area contributed by atoms with Gasteiger partial charge in [0.05, 0.1) is 6.61 Å². The van der Waals surface area contributed by atoms with Gasteiger partial charge >= 0.3 is 0 Å². The highest BCUT2D eigenvalue weighted by Gasteiger charge is 2.12. The van der Waals surface area contributed by atoms with Crippen molar-refractivity contribution >= 4 is 5.91 Å². The van der Waals surface area contributed by atoms with Gasteiger partial charge in [-0.1, -0.05) is 12.1 Å². The molecule has 0 bridgehead atoms.